The Morgan fingerprint density at radius 3 is 2.38 bits per heavy atom. The molecule has 0 radical (unpaired) electrons. The summed E-state index contributed by atoms with van der Waals surface area (Å²) in [6.45, 7) is -0.118. The molecule has 0 heterocycles. The van der Waals surface area contributed by atoms with Gasteiger partial charge in [-0.1, -0.05) is 62.8 Å². The van der Waals surface area contributed by atoms with Gasteiger partial charge in [-0.3, -0.25) is 4.79 Å². The number of hydrogen-bond donors (Lipinski definition) is 2. The molecule has 2 unspecified atom stereocenters. The molecule has 3 aliphatic carbocycles. The van der Waals surface area contributed by atoms with Crippen LogP contribution in [-0.4, -0.2) is 36.7 Å². The normalized spacial score (nSPS) is 25.0. The van der Waals surface area contributed by atoms with Crippen molar-refractivity contribution in [1.29, 1.82) is 0 Å². The number of ketones is 1. The Balaban J connectivity index is 1.64. The Labute approximate surface area is 202 Å². The zero-order chi connectivity index (χ0) is 24.0. The van der Waals surface area contributed by atoms with Gasteiger partial charge in [-0.25, -0.2) is 9.59 Å². The lowest BCUT2D eigenvalue weighted by Gasteiger charge is -2.42. The van der Waals surface area contributed by atoms with Crippen molar-refractivity contribution in [2.45, 2.75) is 95.6 Å². The van der Waals surface area contributed by atoms with Crippen LogP contribution in [-0.2, 0) is 15.9 Å². The number of benzene rings is 1. The summed E-state index contributed by atoms with van der Waals surface area (Å²) in [6, 6.07) is 7.71. The molecule has 3 N–H and O–H groups in total. The van der Waals surface area contributed by atoms with Gasteiger partial charge in [-0.15, -0.1) is 0 Å². The minimum atomic E-state index is -1.15. The van der Waals surface area contributed by atoms with Crippen LogP contribution >= 0.6 is 0 Å². The van der Waals surface area contributed by atoms with Crippen molar-refractivity contribution < 1.29 is 23.9 Å². The van der Waals surface area contributed by atoms with Gasteiger partial charge in [0.25, 0.3) is 0 Å². The lowest BCUT2D eigenvalue weighted by Crippen LogP contribution is -2.53. The van der Waals surface area contributed by atoms with Gasteiger partial charge in [-0.2, -0.15) is 0 Å². The number of alkyl carbamates (subject to hydrolysis) is 1. The smallest absolute Gasteiger partial charge is 0.407 e. The van der Waals surface area contributed by atoms with Crippen molar-refractivity contribution in [2.75, 3.05) is 6.61 Å². The highest BCUT2D eigenvalue weighted by molar-refractivity contribution is 6.03. The third kappa shape index (κ3) is 5.56. The molecule has 0 aliphatic heterocycles. The van der Waals surface area contributed by atoms with E-state index >= 15 is 0 Å². The van der Waals surface area contributed by atoms with Gasteiger partial charge in [-0.05, 0) is 56.4 Å². The summed E-state index contributed by atoms with van der Waals surface area (Å²) >= 11 is 0. The van der Waals surface area contributed by atoms with Crippen LogP contribution in [0.4, 0.5) is 9.59 Å². The molecular formula is C27H38N2O5. The Kier molecular flexibility index (Phi) is 8.11. The molecule has 2 amide bonds. The average molecular weight is 471 g/mol. The molecule has 2 saturated carbocycles. The van der Waals surface area contributed by atoms with Gasteiger partial charge < -0.3 is 20.5 Å². The van der Waals surface area contributed by atoms with Crippen LogP contribution in [0.3, 0.4) is 0 Å². The summed E-state index contributed by atoms with van der Waals surface area (Å²) in [7, 11) is 0. The van der Waals surface area contributed by atoms with E-state index < -0.39 is 23.7 Å². The van der Waals surface area contributed by atoms with Crippen molar-refractivity contribution in [3.8, 4) is 0 Å². The quantitative estimate of drug-likeness (QED) is 0.549. The number of amides is 2. The molecule has 4 rings (SSSR count). The Hall–Kier alpha value is -2.57. The summed E-state index contributed by atoms with van der Waals surface area (Å²) < 4.78 is 11.5. The highest BCUT2D eigenvalue weighted by Gasteiger charge is 2.53. The molecule has 7 nitrogen and oxygen atoms in total. The number of nitrogens with one attached hydrogen (secondary N) is 1. The molecule has 0 bridgehead atoms. The third-order valence-electron chi connectivity index (χ3n) is 8.04. The predicted molar refractivity (Wildman–Crippen MR) is 129 cm³/mol. The van der Waals surface area contributed by atoms with E-state index in [-0.39, 0.29) is 24.3 Å². The molecule has 1 aromatic rings. The Morgan fingerprint density at radius 2 is 1.68 bits per heavy atom. The van der Waals surface area contributed by atoms with E-state index in [4.69, 9.17) is 15.2 Å². The SMILES string of the molecule is NC(=O)OC(C1CCCCC1)C1(COC(=O)NC2CCCCC2)CCCc2ccccc2C1=O. The number of primary amides is 1. The Morgan fingerprint density at radius 1 is 1.00 bits per heavy atom. The second kappa shape index (κ2) is 11.2. The number of fused-ring (bicyclic) bond motifs is 1. The summed E-state index contributed by atoms with van der Waals surface area (Å²) in [5.41, 5.74) is 6.00. The first-order chi connectivity index (χ1) is 16.5. The summed E-state index contributed by atoms with van der Waals surface area (Å²) in [5, 5.41) is 2.98. The van der Waals surface area contributed by atoms with Gasteiger partial charge >= 0.3 is 12.2 Å². The monoisotopic (exact) mass is 470 g/mol. The molecule has 7 heteroatoms. The lowest BCUT2D eigenvalue weighted by atomic mass is 9.67. The molecule has 1 aromatic carbocycles. The van der Waals surface area contributed by atoms with E-state index in [2.05, 4.69) is 5.32 Å². The van der Waals surface area contributed by atoms with Crippen LogP contribution in [0.15, 0.2) is 24.3 Å². The molecule has 34 heavy (non-hydrogen) atoms. The van der Waals surface area contributed by atoms with E-state index in [1.54, 1.807) is 0 Å². The molecule has 0 aromatic heterocycles. The summed E-state index contributed by atoms with van der Waals surface area (Å²) in [4.78, 5) is 39.0. The van der Waals surface area contributed by atoms with Crippen molar-refractivity contribution >= 4 is 18.0 Å². The van der Waals surface area contributed by atoms with Gasteiger partial charge in [0.2, 0.25) is 0 Å². The van der Waals surface area contributed by atoms with E-state index in [1.165, 1.54) is 6.42 Å². The lowest BCUT2D eigenvalue weighted by molar-refractivity contribution is -0.0541. The summed E-state index contributed by atoms with van der Waals surface area (Å²) in [6.07, 6.45) is 10.1. The maximum Gasteiger partial charge on any atom is 0.407 e. The number of nitrogens with two attached hydrogens (primary N) is 1. The van der Waals surface area contributed by atoms with Crippen LogP contribution in [0, 0.1) is 11.3 Å². The zero-order valence-electron chi connectivity index (χ0n) is 20.1. The number of carbonyl (C=O) groups is 3. The molecule has 2 fully saturated rings. The molecular weight excluding hydrogens is 432 g/mol. The van der Waals surface area contributed by atoms with Gasteiger partial charge in [0.15, 0.2) is 5.78 Å². The molecule has 3 aliphatic rings. The van der Waals surface area contributed by atoms with Crippen LogP contribution in [0.1, 0.15) is 93.0 Å². The molecule has 0 spiro atoms. The van der Waals surface area contributed by atoms with Crippen LogP contribution in [0.5, 0.6) is 0 Å². The standard InChI is InChI=1S/C27H38N2O5/c28-25(31)34-24(20-11-3-1-4-12-20)27(18-33-26(32)29-21-14-5-2-6-15-21)17-9-13-19-10-7-8-16-22(19)23(27)30/h7-8,10,16,20-21,24H,1-6,9,11-15,17-18H2,(H2,28,31)(H,29,32). The first-order valence-electron chi connectivity index (χ1n) is 13.0. The first-order valence-corrected chi connectivity index (χ1v) is 13.0. The Bertz CT molecular complexity index is 876. The fourth-order valence-corrected chi connectivity index (χ4v) is 6.30. The highest BCUT2D eigenvalue weighted by atomic mass is 16.6. The van der Waals surface area contributed by atoms with Crippen LogP contribution in [0.2, 0.25) is 0 Å². The third-order valence-corrected chi connectivity index (χ3v) is 8.04. The maximum atomic E-state index is 14.2. The van der Waals surface area contributed by atoms with E-state index in [9.17, 15) is 14.4 Å². The van der Waals surface area contributed by atoms with Crippen molar-refractivity contribution in [1.82, 2.24) is 5.32 Å². The zero-order valence-corrected chi connectivity index (χ0v) is 20.1. The van der Waals surface area contributed by atoms with Gasteiger partial charge in [0, 0.05) is 11.6 Å². The number of carbonyl (C=O) groups excluding carboxylic acids is 3. The number of rotatable bonds is 6. The van der Waals surface area contributed by atoms with E-state index in [0.29, 0.717) is 12.0 Å². The van der Waals surface area contributed by atoms with Crippen molar-refractivity contribution in [3.63, 3.8) is 0 Å². The van der Waals surface area contributed by atoms with Crippen LogP contribution < -0.4 is 11.1 Å². The number of hydrogen-bond acceptors (Lipinski definition) is 5. The molecule has 0 saturated heterocycles. The number of Topliss-reactive ketones (excluding diaryl/α,β-unsaturated/α-hetero) is 1. The van der Waals surface area contributed by atoms with Crippen molar-refractivity contribution in [2.24, 2.45) is 17.1 Å². The minimum Gasteiger partial charge on any atom is -0.448 e. The predicted octanol–water partition coefficient (Wildman–Crippen LogP) is 5.30. The second-order valence-corrected chi connectivity index (χ2v) is 10.3. The number of aryl methyl sites for hydroxylation is 1. The summed E-state index contributed by atoms with van der Waals surface area (Å²) in [5.74, 6) is -0.0941. The number of ether oxygens (including phenoxy) is 2. The second-order valence-electron chi connectivity index (χ2n) is 10.3. The average Bonchev–Trinajstić information content (AvgIpc) is 2.99. The highest BCUT2D eigenvalue weighted by Crippen LogP contribution is 2.45. The van der Waals surface area contributed by atoms with Crippen LogP contribution in [0.25, 0.3) is 0 Å². The largest absolute Gasteiger partial charge is 0.448 e. The van der Waals surface area contributed by atoms with E-state index in [1.807, 2.05) is 24.3 Å². The minimum absolute atomic E-state index is 0.0143. The van der Waals surface area contributed by atoms with E-state index in [0.717, 1.165) is 76.2 Å². The fraction of sp³-hybridized carbons (Fsp3) is 0.667. The van der Waals surface area contributed by atoms with Gasteiger partial charge in [0.05, 0.1) is 0 Å². The molecule has 186 valence electrons. The fourth-order valence-electron chi connectivity index (χ4n) is 6.30. The first kappa shape index (κ1) is 24.6. The topological polar surface area (TPSA) is 108 Å². The van der Waals surface area contributed by atoms with Gasteiger partial charge in [0.1, 0.15) is 18.1 Å². The van der Waals surface area contributed by atoms with Crippen molar-refractivity contribution in [3.05, 3.63) is 35.4 Å². The maximum absolute atomic E-state index is 14.2. The molecule has 2 atom stereocenters.